The van der Waals surface area contributed by atoms with Gasteiger partial charge in [-0.05, 0) is 31.0 Å². The van der Waals surface area contributed by atoms with Crippen molar-refractivity contribution in [2.24, 2.45) is 0 Å². The van der Waals surface area contributed by atoms with Gasteiger partial charge in [0.15, 0.2) is 17.6 Å². The summed E-state index contributed by atoms with van der Waals surface area (Å²) in [7, 11) is 1.48. The van der Waals surface area contributed by atoms with Gasteiger partial charge in [-0.1, -0.05) is 6.92 Å². The molecule has 0 spiro atoms. The summed E-state index contributed by atoms with van der Waals surface area (Å²) in [4.78, 5) is 25.7. The molecule has 1 unspecified atom stereocenters. The molecule has 1 aliphatic heterocycles. The maximum atomic E-state index is 12.5. The first-order valence-electron chi connectivity index (χ1n) is 7.51. The summed E-state index contributed by atoms with van der Waals surface area (Å²) in [6, 6.07) is 3.25. The zero-order chi connectivity index (χ0) is 17.0. The first-order chi connectivity index (χ1) is 11.0. The first-order valence-corrected chi connectivity index (χ1v) is 7.51. The van der Waals surface area contributed by atoms with E-state index < -0.39 is 12.1 Å². The predicted octanol–water partition coefficient (Wildman–Crippen LogP) is 1.25. The Bertz CT molecular complexity index is 600. The molecule has 1 heterocycles. The topological polar surface area (TPSA) is 85.3 Å². The second-order valence-corrected chi connectivity index (χ2v) is 5.05. The summed E-state index contributed by atoms with van der Waals surface area (Å²) in [5.74, 6) is -0.0195. The van der Waals surface area contributed by atoms with Crippen LogP contribution in [0.2, 0.25) is 0 Å². The number of nitrogens with zero attached hydrogens (tertiary/aromatic N) is 1. The average molecular weight is 323 g/mol. The Morgan fingerprint density at radius 2 is 2.13 bits per heavy atom. The van der Waals surface area contributed by atoms with Crippen LogP contribution in [0.1, 0.15) is 25.8 Å². The third-order valence-corrected chi connectivity index (χ3v) is 3.55. The lowest BCUT2D eigenvalue weighted by atomic mass is 10.1. The number of carbonyl (C=O) groups excluding carboxylic acids is 2. The van der Waals surface area contributed by atoms with E-state index in [1.54, 1.807) is 19.1 Å². The van der Waals surface area contributed by atoms with Crippen molar-refractivity contribution in [3.05, 3.63) is 17.7 Å². The van der Waals surface area contributed by atoms with Crippen LogP contribution >= 0.6 is 0 Å². The summed E-state index contributed by atoms with van der Waals surface area (Å²) in [5.41, 5.74) is 0.956. The molecular formula is C16H21NO6. The fraction of sp³-hybridized carbons (Fsp3) is 0.500. The molecule has 1 amide bonds. The number of anilines is 1. The zero-order valence-electron chi connectivity index (χ0n) is 13.5. The highest BCUT2D eigenvalue weighted by Crippen LogP contribution is 2.43. The SMILES string of the molecule is CCOC(=O)CN1C(=O)C(CC)Oc2c(OC)cc(CO)cc21. The molecule has 7 nitrogen and oxygen atoms in total. The number of rotatable bonds is 6. The van der Waals surface area contributed by atoms with Gasteiger partial charge in [-0.15, -0.1) is 0 Å². The molecule has 7 heteroatoms. The van der Waals surface area contributed by atoms with Crippen molar-refractivity contribution < 1.29 is 28.9 Å². The molecule has 0 aliphatic carbocycles. The lowest BCUT2D eigenvalue weighted by molar-refractivity contribution is -0.143. The van der Waals surface area contributed by atoms with Crippen LogP contribution in [0.15, 0.2) is 12.1 Å². The minimum absolute atomic E-state index is 0.211. The van der Waals surface area contributed by atoms with Gasteiger partial charge in [-0.2, -0.15) is 0 Å². The van der Waals surface area contributed by atoms with Gasteiger partial charge in [0.25, 0.3) is 5.91 Å². The Labute approximate surface area is 134 Å². The number of hydrogen-bond donors (Lipinski definition) is 1. The van der Waals surface area contributed by atoms with Crippen LogP contribution in [0.5, 0.6) is 11.5 Å². The number of esters is 1. The molecule has 1 N–H and O–H groups in total. The zero-order valence-corrected chi connectivity index (χ0v) is 13.5. The van der Waals surface area contributed by atoms with Gasteiger partial charge < -0.3 is 19.3 Å². The number of amides is 1. The third kappa shape index (κ3) is 3.39. The van der Waals surface area contributed by atoms with Crippen LogP contribution in [0, 0.1) is 0 Å². The number of methoxy groups -OCH3 is 1. The summed E-state index contributed by atoms with van der Waals surface area (Å²) < 4.78 is 16.0. The summed E-state index contributed by atoms with van der Waals surface area (Å²) in [6.45, 7) is 3.33. The average Bonchev–Trinajstić information content (AvgIpc) is 2.56. The van der Waals surface area contributed by atoms with E-state index in [1.807, 2.05) is 6.92 Å². The van der Waals surface area contributed by atoms with Gasteiger partial charge in [0.2, 0.25) is 0 Å². The first kappa shape index (κ1) is 17.1. The molecule has 1 aromatic rings. The highest BCUT2D eigenvalue weighted by Gasteiger charge is 2.36. The lowest BCUT2D eigenvalue weighted by Crippen LogP contribution is -2.48. The van der Waals surface area contributed by atoms with Gasteiger partial charge in [0.05, 0.1) is 26.0 Å². The van der Waals surface area contributed by atoms with Crippen LogP contribution < -0.4 is 14.4 Å². The van der Waals surface area contributed by atoms with Crippen molar-refractivity contribution in [1.29, 1.82) is 0 Å². The van der Waals surface area contributed by atoms with E-state index in [0.29, 0.717) is 29.2 Å². The molecule has 1 atom stereocenters. The molecule has 0 aromatic heterocycles. The number of carbonyl (C=O) groups is 2. The quantitative estimate of drug-likeness (QED) is 0.793. The monoisotopic (exact) mass is 323 g/mol. The van der Waals surface area contributed by atoms with Gasteiger partial charge in [0.1, 0.15) is 6.54 Å². The van der Waals surface area contributed by atoms with Crippen molar-refractivity contribution in [2.75, 3.05) is 25.2 Å². The normalized spacial score (nSPS) is 16.6. The Kier molecular flexibility index (Phi) is 5.44. The number of aliphatic hydroxyl groups excluding tert-OH is 1. The van der Waals surface area contributed by atoms with Gasteiger partial charge >= 0.3 is 5.97 Å². The fourth-order valence-corrected chi connectivity index (χ4v) is 2.45. The second kappa shape index (κ2) is 7.32. The van der Waals surface area contributed by atoms with Crippen LogP contribution in [0.3, 0.4) is 0 Å². The molecule has 1 aliphatic rings. The van der Waals surface area contributed by atoms with E-state index in [2.05, 4.69) is 0 Å². The number of aliphatic hydroxyl groups is 1. The van der Waals surface area contributed by atoms with E-state index in [-0.39, 0.29) is 25.7 Å². The smallest absolute Gasteiger partial charge is 0.326 e. The lowest BCUT2D eigenvalue weighted by Gasteiger charge is -2.34. The van der Waals surface area contributed by atoms with Gasteiger partial charge in [-0.3, -0.25) is 14.5 Å². The Hall–Kier alpha value is -2.28. The summed E-state index contributed by atoms with van der Waals surface area (Å²) in [6.07, 6.45) is -0.228. The molecule has 126 valence electrons. The van der Waals surface area contributed by atoms with E-state index in [0.717, 1.165) is 0 Å². The Morgan fingerprint density at radius 3 is 2.70 bits per heavy atom. The highest BCUT2D eigenvalue weighted by molar-refractivity contribution is 6.03. The van der Waals surface area contributed by atoms with E-state index >= 15 is 0 Å². The van der Waals surface area contributed by atoms with E-state index in [1.165, 1.54) is 12.0 Å². The standard InChI is InChI=1S/C16H21NO6/c1-4-12-16(20)17(8-14(19)22-5-2)11-6-10(9-18)7-13(21-3)15(11)23-12/h6-7,12,18H,4-5,8-9H2,1-3H3. The summed E-state index contributed by atoms with van der Waals surface area (Å²) in [5, 5.41) is 9.38. The second-order valence-electron chi connectivity index (χ2n) is 5.05. The Morgan fingerprint density at radius 1 is 1.39 bits per heavy atom. The van der Waals surface area contributed by atoms with Gasteiger partial charge in [0, 0.05) is 0 Å². The number of fused-ring (bicyclic) bond motifs is 1. The van der Waals surface area contributed by atoms with E-state index in [4.69, 9.17) is 14.2 Å². The van der Waals surface area contributed by atoms with Crippen LogP contribution in [-0.2, 0) is 20.9 Å². The van der Waals surface area contributed by atoms with Crippen LogP contribution in [0.4, 0.5) is 5.69 Å². The van der Waals surface area contributed by atoms with Gasteiger partial charge in [-0.25, -0.2) is 0 Å². The molecule has 0 saturated heterocycles. The molecule has 0 radical (unpaired) electrons. The molecule has 0 saturated carbocycles. The third-order valence-electron chi connectivity index (χ3n) is 3.55. The van der Waals surface area contributed by atoms with Crippen molar-refractivity contribution in [2.45, 2.75) is 33.0 Å². The maximum absolute atomic E-state index is 12.5. The highest BCUT2D eigenvalue weighted by atomic mass is 16.5. The summed E-state index contributed by atoms with van der Waals surface area (Å²) >= 11 is 0. The molecule has 1 aromatic carbocycles. The van der Waals surface area contributed by atoms with Crippen molar-refractivity contribution in [3.8, 4) is 11.5 Å². The van der Waals surface area contributed by atoms with Crippen molar-refractivity contribution in [3.63, 3.8) is 0 Å². The molecule has 23 heavy (non-hydrogen) atoms. The van der Waals surface area contributed by atoms with Crippen LogP contribution in [-0.4, -0.2) is 43.3 Å². The van der Waals surface area contributed by atoms with Crippen LogP contribution in [0.25, 0.3) is 0 Å². The molecular weight excluding hydrogens is 302 g/mol. The number of hydrogen-bond acceptors (Lipinski definition) is 6. The maximum Gasteiger partial charge on any atom is 0.326 e. The van der Waals surface area contributed by atoms with Crippen molar-refractivity contribution >= 4 is 17.6 Å². The van der Waals surface area contributed by atoms with E-state index in [9.17, 15) is 14.7 Å². The minimum Gasteiger partial charge on any atom is -0.493 e. The molecule has 2 rings (SSSR count). The largest absolute Gasteiger partial charge is 0.493 e. The Balaban J connectivity index is 2.49. The molecule has 0 bridgehead atoms. The predicted molar refractivity (Wildman–Crippen MR) is 82.6 cm³/mol. The number of ether oxygens (including phenoxy) is 3. The fourth-order valence-electron chi connectivity index (χ4n) is 2.45. The number of benzene rings is 1. The van der Waals surface area contributed by atoms with Crippen molar-refractivity contribution in [1.82, 2.24) is 0 Å². The minimum atomic E-state index is -0.689. The molecule has 0 fully saturated rings.